The topological polar surface area (TPSA) is 86.7 Å². The van der Waals surface area contributed by atoms with Gasteiger partial charge in [0, 0.05) is 24.3 Å². The van der Waals surface area contributed by atoms with E-state index in [2.05, 4.69) is 5.32 Å². The number of hydrogen-bond acceptors (Lipinski definition) is 3. The van der Waals surface area contributed by atoms with Crippen LogP contribution in [0.3, 0.4) is 0 Å². The van der Waals surface area contributed by atoms with Crippen molar-refractivity contribution in [3.8, 4) is 11.1 Å². The third kappa shape index (κ3) is 3.13. The summed E-state index contributed by atoms with van der Waals surface area (Å²) in [6, 6.07) is 9.95. The Labute approximate surface area is 140 Å². The number of carbonyl (C=O) groups excluding carboxylic acids is 1. The molecule has 0 aliphatic carbocycles. The van der Waals surface area contributed by atoms with Crippen molar-refractivity contribution >= 4 is 21.8 Å². The number of amides is 2. The molecule has 2 aromatic rings. The van der Waals surface area contributed by atoms with Gasteiger partial charge in [-0.15, -0.1) is 0 Å². The lowest BCUT2D eigenvalue weighted by Gasteiger charge is -2.17. The number of carbonyl (C=O) groups is 1. The minimum Gasteiger partial charge on any atom is -0.336 e. The zero-order chi connectivity index (χ0) is 17.5. The van der Waals surface area contributed by atoms with E-state index in [1.165, 1.54) is 12.1 Å². The first-order chi connectivity index (χ1) is 11.3. The lowest BCUT2D eigenvalue weighted by Crippen LogP contribution is -2.27. The fourth-order valence-electron chi connectivity index (χ4n) is 2.98. The van der Waals surface area contributed by atoms with Crippen LogP contribution in [0.4, 0.5) is 10.5 Å². The minimum atomic E-state index is -4.38. The molecular weight excluding hydrogens is 328 g/mol. The summed E-state index contributed by atoms with van der Waals surface area (Å²) in [6.07, 6.45) is 0. The van der Waals surface area contributed by atoms with Crippen molar-refractivity contribution in [1.29, 1.82) is 0 Å². The van der Waals surface area contributed by atoms with Crippen LogP contribution in [0.5, 0.6) is 0 Å². The van der Waals surface area contributed by atoms with E-state index in [1.54, 1.807) is 11.0 Å². The van der Waals surface area contributed by atoms with Gasteiger partial charge in [0.15, 0.2) is 0 Å². The molecule has 0 radical (unpaired) electrons. The molecule has 0 aromatic heterocycles. The van der Waals surface area contributed by atoms with E-state index in [-0.39, 0.29) is 10.9 Å². The van der Waals surface area contributed by atoms with Gasteiger partial charge in [-0.2, -0.15) is 8.42 Å². The molecule has 1 aliphatic rings. The number of hydrogen-bond donors (Lipinski definition) is 2. The summed E-state index contributed by atoms with van der Waals surface area (Å²) in [5, 5.41) is 2.71. The van der Waals surface area contributed by atoms with Crippen LogP contribution in [0, 0.1) is 13.8 Å². The molecule has 24 heavy (non-hydrogen) atoms. The summed E-state index contributed by atoms with van der Waals surface area (Å²) in [7, 11) is -4.38. The SMILES string of the molecule is Cc1cc(C)cc(-c2cc(N3CCNC3=O)ccc2S(=O)(=O)O)c1. The third-order valence-electron chi connectivity index (χ3n) is 3.94. The average molecular weight is 346 g/mol. The molecule has 3 rings (SSSR count). The fourth-order valence-corrected chi connectivity index (χ4v) is 3.68. The van der Waals surface area contributed by atoms with E-state index in [0.717, 1.165) is 11.1 Å². The molecule has 0 saturated carbocycles. The summed E-state index contributed by atoms with van der Waals surface area (Å²) in [5.41, 5.74) is 3.61. The molecule has 1 heterocycles. The molecule has 7 heteroatoms. The third-order valence-corrected chi connectivity index (χ3v) is 4.85. The maximum Gasteiger partial charge on any atom is 0.321 e. The summed E-state index contributed by atoms with van der Waals surface area (Å²) in [6.45, 7) is 4.89. The maximum atomic E-state index is 11.9. The van der Waals surface area contributed by atoms with Crippen LogP contribution in [0.1, 0.15) is 11.1 Å². The predicted octanol–water partition coefficient (Wildman–Crippen LogP) is 2.75. The number of urea groups is 1. The van der Waals surface area contributed by atoms with Gasteiger partial charge in [-0.05, 0) is 37.6 Å². The van der Waals surface area contributed by atoms with E-state index in [1.807, 2.05) is 32.0 Å². The lowest BCUT2D eigenvalue weighted by atomic mass is 10.00. The Balaban J connectivity index is 2.22. The number of aryl methyl sites for hydroxylation is 2. The van der Waals surface area contributed by atoms with Crippen molar-refractivity contribution in [1.82, 2.24) is 5.32 Å². The van der Waals surface area contributed by atoms with Gasteiger partial charge in [-0.1, -0.05) is 29.3 Å². The Kier molecular flexibility index (Phi) is 4.06. The second-order valence-corrected chi connectivity index (χ2v) is 7.31. The number of rotatable bonds is 3. The number of anilines is 1. The molecule has 0 spiro atoms. The van der Waals surface area contributed by atoms with Crippen LogP contribution in [0.2, 0.25) is 0 Å². The van der Waals surface area contributed by atoms with Crippen LogP contribution in [0.15, 0.2) is 41.3 Å². The van der Waals surface area contributed by atoms with E-state index in [4.69, 9.17) is 0 Å². The lowest BCUT2D eigenvalue weighted by molar-refractivity contribution is 0.252. The molecular formula is C17H18N2O4S. The van der Waals surface area contributed by atoms with Crippen LogP contribution >= 0.6 is 0 Å². The van der Waals surface area contributed by atoms with Crippen molar-refractivity contribution in [2.75, 3.05) is 18.0 Å². The molecule has 1 fully saturated rings. The first-order valence-corrected chi connectivity index (χ1v) is 8.95. The first-order valence-electron chi connectivity index (χ1n) is 7.51. The van der Waals surface area contributed by atoms with Gasteiger partial charge < -0.3 is 5.32 Å². The van der Waals surface area contributed by atoms with Crippen molar-refractivity contribution in [3.05, 3.63) is 47.5 Å². The molecule has 2 amide bonds. The highest BCUT2D eigenvalue weighted by molar-refractivity contribution is 7.86. The van der Waals surface area contributed by atoms with Gasteiger partial charge in [-0.25, -0.2) is 4.79 Å². The fraction of sp³-hybridized carbons (Fsp3) is 0.235. The van der Waals surface area contributed by atoms with Gasteiger partial charge >= 0.3 is 6.03 Å². The quantitative estimate of drug-likeness (QED) is 0.837. The summed E-state index contributed by atoms with van der Waals surface area (Å²) in [4.78, 5) is 13.2. The maximum absolute atomic E-state index is 11.9. The van der Waals surface area contributed by atoms with Crippen molar-refractivity contribution in [2.24, 2.45) is 0 Å². The molecule has 2 aromatic carbocycles. The van der Waals surface area contributed by atoms with Crippen molar-refractivity contribution in [3.63, 3.8) is 0 Å². The average Bonchev–Trinajstić information content (AvgIpc) is 2.91. The van der Waals surface area contributed by atoms with Gasteiger partial charge in [0.25, 0.3) is 10.1 Å². The van der Waals surface area contributed by atoms with Gasteiger partial charge in [-0.3, -0.25) is 9.45 Å². The Hall–Kier alpha value is -2.38. The van der Waals surface area contributed by atoms with Crippen LogP contribution in [-0.4, -0.2) is 32.1 Å². The number of nitrogens with zero attached hydrogens (tertiary/aromatic N) is 1. The van der Waals surface area contributed by atoms with Crippen LogP contribution in [0.25, 0.3) is 11.1 Å². The van der Waals surface area contributed by atoms with E-state index in [0.29, 0.717) is 29.9 Å². The van der Waals surface area contributed by atoms with Gasteiger partial charge in [0.2, 0.25) is 0 Å². The van der Waals surface area contributed by atoms with Gasteiger partial charge in [0.1, 0.15) is 4.90 Å². The largest absolute Gasteiger partial charge is 0.336 e. The molecule has 1 aliphatic heterocycles. The number of nitrogens with one attached hydrogen (secondary N) is 1. The number of benzene rings is 2. The zero-order valence-electron chi connectivity index (χ0n) is 13.4. The zero-order valence-corrected chi connectivity index (χ0v) is 14.2. The van der Waals surface area contributed by atoms with Crippen LogP contribution in [-0.2, 0) is 10.1 Å². The molecule has 0 bridgehead atoms. The van der Waals surface area contributed by atoms with E-state index in [9.17, 15) is 17.8 Å². The predicted molar refractivity (Wildman–Crippen MR) is 91.9 cm³/mol. The Morgan fingerprint density at radius 2 is 1.75 bits per heavy atom. The minimum absolute atomic E-state index is 0.171. The highest BCUT2D eigenvalue weighted by Gasteiger charge is 2.24. The monoisotopic (exact) mass is 346 g/mol. The molecule has 126 valence electrons. The second kappa shape index (κ2) is 5.92. The second-order valence-electron chi connectivity index (χ2n) is 5.92. The summed E-state index contributed by atoms with van der Waals surface area (Å²) >= 11 is 0. The van der Waals surface area contributed by atoms with Crippen molar-refractivity contribution in [2.45, 2.75) is 18.7 Å². The summed E-state index contributed by atoms with van der Waals surface area (Å²) < 4.78 is 33.1. The molecule has 2 N–H and O–H groups in total. The van der Waals surface area contributed by atoms with Crippen molar-refractivity contribution < 1.29 is 17.8 Å². The standard InChI is InChI=1S/C17H18N2O4S/c1-11-7-12(2)9-13(8-11)15-10-14(19-6-5-18-17(19)20)3-4-16(15)24(21,22)23/h3-4,7-10H,5-6H2,1-2H3,(H,18,20)(H,21,22,23). The molecule has 6 nitrogen and oxygen atoms in total. The Bertz CT molecular complexity index is 902. The Morgan fingerprint density at radius 3 is 2.29 bits per heavy atom. The Morgan fingerprint density at radius 1 is 1.08 bits per heavy atom. The smallest absolute Gasteiger partial charge is 0.321 e. The van der Waals surface area contributed by atoms with Gasteiger partial charge in [0.05, 0.1) is 0 Å². The summed E-state index contributed by atoms with van der Waals surface area (Å²) in [5.74, 6) is 0. The highest BCUT2D eigenvalue weighted by atomic mass is 32.2. The molecule has 1 saturated heterocycles. The molecule has 0 atom stereocenters. The molecule has 0 unspecified atom stereocenters. The first kappa shape index (κ1) is 16.5. The normalized spacial score (nSPS) is 14.8. The van der Waals surface area contributed by atoms with E-state index < -0.39 is 10.1 Å². The van der Waals surface area contributed by atoms with Crippen LogP contribution < -0.4 is 10.2 Å². The van der Waals surface area contributed by atoms with E-state index >= 15 is 0 Å². The highest BCUT2D eigenvalue weighted by Crippen LogP contribution is 2.33.